The zero-order valence-electron chi connectivity index (χ0n) is 17.9. The molecule has 1 saturated carbocycles. The number of carbonyl (C=O) groups is 2. The number of rotatable bonds is 4. The quantitative estimate of drug-likeness (QED) is 0.721. The van der Waals surface area contributed by atoms with Crippen LogP contribution >= 0.6 is 0 Å². The highest BCUT2D eigenvalue weighted by Crippen LogP contribution is 2.35. The zero-order valence-corrected chi connectivity index (χ0v) is 17.9. The number of ether oxygens (including phenoxy) is 1. The minimum atomic E-state index is -0.609. The van der Waals surface area contributed by atoms with E-state index >= 15 is 0 Å². The van der Waals surface area contributed by atoms with E-state index in [1.54, 1.807) is 12.0 Å². The molecule has 3 aliphatic heterocycles. The topological polar surface area (TPSA) is 74.4 Å². The number of hydrogen-bond donors (Lipinski definition) is 1. The van der Waals surface area contributed by atoms with E-state index < -0.39 is 6.16 Å². The van der Waals surface area contributed by atoms with E-state index in [4.69, 9.17) is 9.57 Å². The highest BCUT2D eigenvalue weighted by molar-refractivity contribution is 5.78. The SMILES string of the molecule is CCOC(=O)ON1CCC(C)(N2CCC(N3C(=O)N[C@@H]4CCCC[C@H]43)CC2)CC1. The minimum absolute atomic E-state index is 0.125. The number of carbonyl (C=O) groups excluding carboxylic acids is 2. The molecule has 8 heteroatoms. The fraction of sp³-hybridized carbons (Fsp3) is 0.905. The first-order valence-corrected chi connectivity index (χ1v) is 11.4. The minimum Gasteiger partial charge on any atom is -0.433 e. The standard InChI is InChI=1S/C21H36N4O4/c1-3-28-20(27)29-24-14-10-21(2,11-15-24)23-12-8-16(9-13-23)25-18-7-5-4-6-17(18)22-19(25)26/h16-18H,3-15H2,1-2H3,(H,22,26)/t17-,18-/m1/s1. The second-order valence-electron chi connectivity index (χ2n) is 9.23. The molecule has 8 nitrogen and oxygen atoms in total. The second kappa shape index (κ2) is 8.68. The molecule has 164 valence electrons. The van der Waals surface area contributed by atoms with Crippen LogP contribution in [0.5, 0.6) is 0 Å². The number of piperidine rings is 2. The van der Waals surface area contributed by atoms with Crippen molar-refractivity contribution in [3.63, 3.8) is 0 Å². The Balaban J connectivity index is 1.27. The lowest BCUT2D eigenvalue weighted by Gasteiger charge is -2.49. The molecule has 0 bridgehead atoms. The molecule has 0 aromatic rings. The fourth-order valence-electron chi connectivity index (χ4n) is 5.74. The largest absolute Gasteiger partial charge is 0.527 e. The summed E-state index contributed by atoms with van der Waals surface area (Å²) in [6, 6.07) is 1.31. The van der Waals surface area contributed by atoms with Gasteiger partial charge in [-0.05, 0) is 52.4 Å². The van der Waals surface area contributed by atoms with Crippen LogP contribution in [0.3, 0.4) is 0 Å². The van der Waals surface area contributed by atoms with Gasteiger partial charge in [0, 0.05) is 37.8 Å². The van der Waals surface area contributed by atoms with Gasteiger partial charge in [0.1, 0.15) is 0 Å². The van der Waals surface area contributed by atoms with Crippen LogP contribution in [0.25, 0.3) is 0 Å². The van der Waals surface area contributed by atoms with E-state index in [0.717, 1.165) is 64.7 Å². The maximum atomic E-state index is 12.6. The molecule has 0 spiro atoms. The van der Waals surface area contributed by atoms with Gasteiger partial charge in [-0.25, -0.2) is 9.59 Å². The lowest BCUT2D eigenvalue weighted by Crippen LogP contribution is -2.58. The predicted molar refractivity (Wildman–Crippen MR) is 108 cm³/mol. The van der Waals surface area contributed by atoms with Crippen LogP contribution in [0.1, 0.15) is 65.2 Å². The summed E-state index contributed by atoms with van der Waals surface area (Å²) in [6.45, 7) is 7.95. The van der Waals surface area contributed by atoms with E-state index in [9.17, 15) is 9.59 Å². The zero-order chi connectivity index (χ0) is 20.4. The lowest BCUT2D eigenvalue weighted by molar-refractivity contribution is -0.156. The number of urea groups is 1. The van der Waals surface area contributed by atoms with Crippen LogP contribution in [0.2, 0.25) is 0 Å². The van der Waals surface area contributed by atoms with Crippen molar-refractivity contribution in [2.75, 3.05) is 32.8 Å². The molecule has 1 N–H and O–H groups in total. The van der Waals surface area contributed by atoms with Gasteiger partial charge >= 0.3 is 12.2 Å². The average Bonchev–Trinajstić information content (AvgIpc) is 3.06. The summed E-state index contributed by atoms with van der Waals surface area (Å²) in [4.78, 5) is 34.2. The fourth-order valence-corrected chi connectivity index (χ4v) is 5.74. The van der Waals surface area contributed by atoms with Crippen molar-refractivity contribution in [2.45, 2.75) is 88.9 Å². The van der Waals surface area contributed by atoms with Gasteiger partial charge in [0.2, 0.25) is 0 Å². The number of hydroxylamine groups is 2. The highest BCUT2D eigenvalue weighted by Gasteiger charge is 2.46. The van der Waals surface area contributed by atoms with Gasteiger partial charge in [0.15, 0.2) is 0 Å². The molecule has 0 aromatic heterocycles. The summed E-state index contributed by atoms with van der Waals surface area (Å²) >= 11 is 0. The molecule has 3 saturated heterocycles. The molecule has 2 amide bonds. The number of nitrogens with zero attached hydrogens (tertiary/aromatic N) is 3. The average molecular weight is 409 g/mol. The first-order chi connectivity index (χ1) is 14.0. The van der Waals surface area contributed by atoms with Crippen molar-refractivity contribution in [3.8, 4) is 0 Å². The van der Waals surface area contributed by atoms with Crippen LogP contribution < -0.4 is 5.32 Å². The van der Waals surface area contributed by atoms with E-state index in [1.807, 2.05) is 0 Å². The van der Waals surface area contributed by atoms with Gasteiger partial charge in [0.25, 0.3) is 0 Å². The smallest absolute Gasteiger partial charge is 0.433 e. The lowest BCUT2D eigenvalue weighted by atomic mass is 9.85. The van der Waals surface area contributed by atoms with E-state index in [1.165, 1.54) is 12.8 Å². The van der Waals surface area contributed by atoms with Crippen LogP contribution in [-0.2, 0) is 9.57 Å². The monoisotopic (exact) mass is 408 g/mol. The van der Waals surface area contributed by atoms with Gasteiger partial charge in [0.05, 0.1) is 18.7 Å². The molecule has 0 radical (unpaired) electrons. The molecule has 4 rings (SSSR count). The summed E-state index contributed by atoms with van der Waals surface area (Å²) in [6.07, 6.45) is 8.19. The maximum absolute atomic E-state index is 12.6. The number of nitrogens with one attached hydrogen (secondary N) is 1. The van der Waals surface area contributed by atoms with Crippen LogP contribution in [-0.4, -0.2) is 83.5 Å². The Morgan fingerprint density at radius 1 is 1.10 bits per heavy atom. The van der Waals surface area contributed by atoms with Crippen molar-refractivity contribution >= 4 is 12.2 Å². The predicted octanol–water partition coefficient (Wildman–Crippen LogP) is 2.73. The van der Waals surface area contributed by atoms with Crippen molar-refractivity contribution < 1.29 is 19.2 Å². The Bertz CT molecular complexity index is 599. The third kappa shape index (κ3) is 4.33. The van der Waals surface area contributed by atoms with E-state index in [-0.39, 0.29) is 11.6 Å². The third-order valence-corrected chi connectivity index (χ3v) is 7.52. The van der Waals surface area contributed by atoms with Crippen LogP contribution in [0.15, 0.2) is 0 Å². The Kier molecular flexibility index (Phi) is 6.20. The molecule has 0 aromatic carbocycles. The number of amides is 2. The van der Waals surface area contributed by atoms with Crippen molar-refractivity contribution in [2.24, 2.45) is 0 Å². The summed E-state index contributed by atoms with van der Waals surface area (Å²) in [5, 5.41) is 4.96. The number of hydrogen-bond acceptors (Lipinski definition) is 6. The number of fused-ring (bicyclic) bond motifs is 1. The Morgan fingerprint density at radius 2 is 1.79 bits per heavy atom. The van der Waals surface area contributed by atoms with Crippen molar-refractivity contribution in [1.29, 1.82) is 0 Å². The molecule has 4 fully saturated rings. The number of likely N-dealkylation sites (tertiary alicyclic amines) is 1. The Labute approximate surface area is 173 Å². The Morgan fingerprint density at radius 3 is 2.48 bits per heavy atom. The highest BCUT2D eigenvalue weighted by atomic mass is 16.8. The van der Waals surface area contributed by atoms with Gasteiger partial charge in [-0.1, -0.05) is 12.8 Å². The molecule has 1 aliphatic carbocycles. The normalized spacial score (nSPS) is 31.2. The third-order valence-electron chi connectivity index (χ3n) is 7.52. The molecule has 3 heterocycles. The van der Waals surface area contributed by atoms with Crippen molar-refractivity contribution in [1.82, 2.24) is 20.2 Å². The molecule has 0 unspecified atom stereocenters. The Hall–Kier alpha value is -1.54. The van der Waals surface area contributed by atoms with Gasteiger partial charge in [-0.15, -0.1) is 5.06 Å². The summed E-state index contributed by atoms with van der Waals surface area (Å²) in [5.74, 6) is 0. The van der Waals surface area contributed by atoms with E-state index in [2.05, 4.69) is 22.0 Å². The molecule has 2 atom stereocenters. The van der Waals surface area contributed by atoms with Gasteiger partial charge in [-0.2, -0.15) is 0 Å². The molecular weight excluding hydrogens is 372 g/mol. The summed E-state index contributed by atoms with van der Waals surface area (Å²) < 4.78 is 4.87. The summed E-state index contributed by atoms with van der Waals surface area (Å²) in [5.41, 5.74) is 0.125. The van der Waals surface area contributed by atoms with Gasteiger partial charge < -0.3 is 19.8 Å². The summed E-state index contributed by atoms with van der Waals surface area (Å²) in [7, 11) is 0. The first kappa shape index (κ1) is 20.7. The molecule has 4 aliphatic rings. The second-order valence-corrected chi connectivity index (χ2v) is 9.23. The molecule has 29 heavy (non-hydrogen) atoms. The van der Waals surface area contributed by atoms with Gasteiger partial charge in [-0.3, -0.25) is 4.90 Å². The van der Waals surface area contributed by atoms with Crippen LogP contribution in [0, 0.1) is 0 Å². The van der Waals surface area contributed by atoms with Crippen molar-refractivity contribution in [3.05, 3.63) is 0 Å². The first-order valence-electron chi connectivity index (χ1n) is 11.4. The maximum Gasteiger partial charge on any atom is 0.527 e. The molecular formula is C21H36N4O4. The van der Waals surface area contributed by atoms with Crippen LogP contribution in [0.4, 0.5) is 9.59 Å². The van der Waals surface area contributed by atoms with E-state index in [0.29, 0.717) is 24.7 Å².